The van der Waals surface area contributed by atoms with Crippen LogP contribution in [0.5, 0.6) is 0 Å². The number of aryl methyl sites for hydroxylation is 1. The van der Waals surface area contributed by atoms with Crippen LogP contribution in [-0.4, -0.2) is 4.98 Å². The van der Waals surface area contributed by atoms with Crippen LogP contribution in [0.4, 0.5) is 17.2 Å². The molecule has 0 radical (unpaired) electrons. The molecule has 0 aliphatic carbocycles. The number of nitrogens with two attached hydrogens (primary N) is 1. The normalized spacial score (nSPS) is 9.83. The number of rotatable bonds is 2. The summed E-state index contributed by atoms with van der Waals surface area (Å²) in [5.74, 6) is 0.656. The summed E-state index contributed by atoms with van der Waals surface area (Å²) in [6.45, 7) is 1.89. The minimum atomic E-state index is 0.512. The van der Waals surface area contributed by atoms with Crippen LogP contribution in [0.25, 0.3) is 0 Å². The van der Waals surface area contributed by atoms with Gasteiger partial charge in [0.15, 0.2) is 0 Å². The molecule has 4 nitrogen and oxygen atoms in total. The molecule has 0 saturated carbocycles. The van der Waals surface area contributed by atoms with Crippen LogP contribution in [0.2, 0.25) is 5.02 Å². The van der Waals surface area contributed by atoms with E-state index in [0.29, 0.717) is 27.8 Å². The molecule has 0 aliphatic rings. The number of pyridine rings is 1. The quantitative estimate of drug-likeness (QED) is 0.867. The molecule has 0 spiro atoms. The lowest BCUT2D eigenvalue weighted by molar-refractivity contribution is 1.26. The maximum atomic E-state index is 9.03. The highest BCUT2D eigenvalue weighted by Gasteiger charge is 2.06. The molecule has 90 valence electrons. The Morgan fingerprint density at radius 3 is 2.83 bits per heavy atom. The Kier molecular flexibility index (Phi) is 3.35. The summed E-state index contributed by atoms with van der Waals surface area (Å²) in [4.78, 5) is 4.19. The topological polar surface area (TPSA) is 74.7 Å². The summed E-state index contributed by atoms with van der Waals surface area (Å²) >= 11 is 5.92. The fourth-order valence-electron chi connectivity index (χ4n) is 1.57. The number of nitrogen functional groups attached to an aromatic ring is 1. The molecule has 1 aromatic carbocycles. The summed E-state index contributed by atoms with van der Waals surface area (Å²) in [6, 6.07) is 8.94. The van der Waals surface area contributed by atoms with Gasteiger partial charge >= 0.3 is 0 Å². The van der Waals surface area contributed by atoms with Crippen molar-refractivity contribution in [2.24, 2.45) is 0 Å². The first kappa shape index (κ1) is 12.2. The van der Waals surface area contributed by atoms with Crippen molar-refractivity contribution >= 4 is 28.8 Å². The molecule has 0 atom stereocenters. The second-order valence-electron chi connectivity index (χ2n) is 3.86. The Bertz CT molecular complexity index is 631. The molecule has 0 unspecified atom stereocenters. The molecule has 0 saturated heterocycles. The zero-order valence-electron chi connectivity index (χ0n) is 9.74. The summed E-state index contributed by atoms with van der Waals surface area (Å²) in [7, 11) is 0. The predicted molar refractivity (Wildman–Crippen MR) is 72.8 cm³/mol. The third-order valence-electron chi connectivity index (χ3n) is 2.45. The average Bonchev–Trinajstić information content (AvgIpc) is 2.33. The molecule has 18 heavy (non-hydrogen) atoms. The van der Waals surface area contributed by atoms with Crippen LogP contribution in [0.15, 0.2) is 30.5 Å². The highest BCUT2D eigenvalue weighted by Crippen LogP contribution is 2.25. The van der Waals surface area contributed by atoms with Gasteiger partial charge in [-0.2, -0.15) is 5.26 Å². The van der Waals surface area contributed by atoms with Gasteiger partial charge in [-0.25, -0.2) is 4.98 Å². The molecule has 5 heteroatoms. The number of anilines is 3. The molecular weight excluding hydrogens is 248 g/mol. The average molecular weight is 259 g/mol. The second-order valence-corrected chi connectivity index (χ2v) is 4.30. The first-order valence-corrected chi connectivity index (χ1v) is 5.67. The van der Waals surface area contributed by atoms with Gasteiger partial charge in [0.25, 0.3) is 0 Å². The van der Waals surface area contributed by atoms with Gasteiger partial charge in [0, 0.05) is 5.02 Å². The standard InChI is InChI=1S/C13H11ClN4/c1-8-4-11(16)7-17-13(8)18-12-5-10(14)3-2-9(12)6-15/h2-5,7H,16H2,1H3,(H,17,18). The summed E-state index contributed by atoms with van der Waals surface area (Å²) in [6.07, 6.45) is 1.56. The number of hydrogen-bond acceptors (Lipinski definition) is 4. The lowest BCUT2D eigenvalue weighted by Gasteiger charge is -2.10. The van der Waals surface area contributed by atoms with Crippen LogP contribution in [0.3, 0.4) is 0 Å². The van der Waals surface area contributed by atoms with Crippen molar-refractivity contribution in [1.29, 1.82) is 5.26 Å². The van der Waals surface area contributed by atoms with E-state index in [9.17, 15) is 0 Å². The fraction of sp³-hybridized carbons (Fsp3) is 0.0769. The van der Waals surface area contributed by atoms with E-state index in [2.05, 4.69) is 16.4 Å². The number of benzene rings is 1. The summed E-state index contributed by atoms with van der Waals surface area (Å²) in [5, 5.41) is 12.7. The second kappa shape index (κ2) is 4.94. The van der Waals surface area contributed by atoms with Crippen molar-refractivity contribution in [1.82, 2.24) is 4.98 Å². The van der Waals surface area contributed by atoms with E-state index in [0.717, 1.165) is 5.56 Å². The number of nitrogens with zero attached hydrogens (tertiary/aromatic N) is 2. The lowest BCUT2D eigenvalue weighted by atomic mass is 10.2. The van der Waals surface area contributed by atoms with Gasteiger partial charge in [-0.3, -0.25) is 0 Å². The predicted octanol–water partition coefficient (Wildman–Crippen LogP) is 3.24. The number of aromatic nitrogens is 1. The molecule has 0 aliphatic heterocycles. The highest BCUT2D eigenvalue weighted by atomic mass is 35.5. The summed E-state index contributed by atoms with van der Waals surface area (Å²) < 4.78 is 0. The molecule has 0 amide bonds. The van der Waals surface area contributed by atoms with E-state index in [-0.39, 0.29) is 0 Å². The lowest BCUT2D eigenvalue weighted by Crippen LogP contribution is -1.99. The van der Waals surface area contributed by atoms with Crippen molar-refractivity contribution in [2.45, 2.75) is 6.92 Å². The third kappa shape index (κ3) is 2.53. The van der Waals surface area contributed by atoms with Gasteiger partial charge in [0.05, 0.1) is 23.1 Å². The summed E-state index contributed by atoms with van der Waals surface area (Å²) in [5.41, 5.74) is 8.28. The van der Waals surface area contributed by atoms with Crippen molar-refractivity contribution in [2.75, 3.05) is 11.1 Å². The maximum Gasteiger partial charge on any atom is 0.133 e. The third-order valence-corrected chi connectivity index (χ3v) is 2.69. The highest BCUT2D eigenvalue weighted by molar-refractivity contribution is 6.30. The van der Waals surface area contributed by atoms with Gasteiger partial charge in [-0.05, 0) is 36.8 Å². The largest absolute Gasteiger partial charge is 0.397 e. The van der Waals surface area contributed by atoms with Crippen LogP contribution in [0, 0.1) is 18.3 Å². The maximum absolute atomic E-state index is 9.03. The fourth-order valence-corrected chi connectivity index (χ4v) is 1.74. The first-order chi connectivity index (χ1) is 8.60. The molecular formula is C13H11ClN4. The number of hydrogen-bond donors (Lipinski definition) is 2. The van der Waals surface area contributed by atoms with Crippen LogP contribution < -0.4 is 11.1 Å². The van der Waals surface area contributed by atoms with Gasteiger partial charge in [-0.1, -0.05) is 11.6 Å². The minimum absolute atomic E-state index is 0.512. The molecule has 3 N–H and O–H groups in total. The van der Waals surface area contributed by atoms with Gasteiger partial charge < -0.3 is 11.1 Å². The Morgan fingerprint density at radius 2 is 2.17 bits per heavy atom. The van der Waals surface area contributed by atoms with Crippen LogP contribution >= 0.6 is 11.6 Å². The zero-order valence-corrected chi connectivity index (χ0v) is 10.5. The van der Waals surface area contributed by atoms with E-state index >= 15 is 0 Å². The van der Waals surface area contributed by atoms with Gasteiger partial charge in [0.2, 0.25) is 0 Å². The number of nitriles is 1. The molecule has 0 fully saturated rings. The molecule has 2 rings (SSSR count). The molecule has 0 bridgehead atoms. The zero-order chi connectivity index (χ0) is 13.1. The molecule has 1 heterocycles. The first-order valence-electron chi connectivity index (χ1n) is 5.29. The SMILES string of the molecule is Cc1cc(N)cnc1Nc1cc(Cl)ccc1C#N. The molecule has 1 aromatic heterocycles. The Labute approximate surface area is 110 Å². The van der Waals surface area contributed by atoms with Crippen LogP contribution in [-0.2, 0) is 0 Å². The van der Waals surface area contributed by atoms with Gasteiger partial charge in [-0.15, -0.1) is 0 Å². The van der Waals surface area contributed by atoms with Crippen molar-refractivity contribution in [3.63, 3.8) is 0 Å². The Morgan fingerprint density at radius 1 is 1.39 bits per heavy atom. The molecule has 2 aromatic rings. The van der Waals surface area contributed by atoms with Crippen molar-refractivity contribution in [3.8, 4) is 6.07 Å². The smallest absolute Gasteiger partial charge is 0.133 e. The number of halogens is 1. The van der Waals surface area contributed by atoms with E-state index in [4.69, 9.17) is 22.6 Å². The monoisotopic (exact) mass is 258 g/mol. The van der Waals surface area contributed by atoms with Crippen LogP contribution in [0.1, 0.15) is 11.1 Å². The minimum Gasteiger partial charge on any atom is -0.397 e. The van der Waals surface area contributed by atoms with Gasteiger partial charge in [0.1, 0.15) is 11.9 Å². The van der Waals surface area contributed by atoms with E-state index in [1.807, 2.05) is 13.0 Å². The van der Waals surface area contributed by atoms with Crippen molar-refractivity contribution in [3.05, 3.63) is 46.6 Å². The Hall–Kier alpha value is -2.25. The van der Waals surface area contributed by atoms with E-state index in [1.165, 1.54) is 0 Å². The Balaban J connectivity index is 2.40. The van der Waals surface area contributed by atoms with E-state index < -0.39 is 0 Å². The van der Waals surface area contributed by atoms with E-state index in [1.54, 1.807) is 24.4 Å². The van der Waals surface area contributed by atoms with Crippen molar-refractivity contribution < 1.29 is 0 Å². The number of nitrogens with one attached hydrogen (secondary N) is 1.